The van der Waals surface area contributed by atoms with Gasteiger partial charge in [-0.3, -0.25) is 14.5 Å². The summed E-state index contributed by atoms with van der Waals surface area (Å²) in [4.78, 5) is 34.1. The predicted octanol–water partition coefficient (Wildman–Crippen LogP) is 3.64. The van der Waals surface area contributed by atoms with Gasteiger partial charge >= 0.3 is 0 Å². The fourth-order valence-corrected chi connectivity index (χ4v) is 6.62. The maximum absolute atomic E-state index is 14.4. The number of piperidine rings is 1. The smallest absolute Gasteiger partial charge is 0.265 e. The lowest BCUT2D eigenvalue weighted by atomic mass is 9.79. The number of halogens is 2. The topological polar surface area (TPSA) is 101 Å². The number of aromatic nitrogens is 1. The average molecular weight is 528 g/mol. The summed E-state index contributed by atoms with van der Waals surface area (Å²) >= 11 is 1.22. The van der Waals surface area contributed by atoms with E-state index in [2.05, 4.69) is 22.1 Å². The largest absolute Gasteiger partial charge is 0.373 e. The first kappa shape index (κ1) is 27.3. The minimum atomic E-state index is -2.93. The van der Waals surface area contributed by atoms with Gasteiger partial charge in [0.1, 0.15) is 0 Å². The number of carbonyl (C=O) groups is 2. The van der Waals surface area contributed by atoms with Gasteiger partial charge in [-0.2, -0.15) is 0 Å². The van der Waals surface area contributed by atoms with Gasteiger partial charge in [0.05, 0.1) is 35.7 Å². The van der Waals surface area contributed by atoms with Crippen LogP contribution in [0.2, 0.25) is 0 Å². The summed E-state index contributed by atoms with van der Waals surface area (Å²) in [5.41, 5.74) is 6.28. The van der Waals surface area contributed by atoms with Gasteiger partial charge in [-0.25, -0.2) is 13.8 Å². The minimum absolute atomic E-state index is 0.00784. The molecule has 3 heterocycles. The van der Waals surface area contributed by atoms with Gasteiger partial charge < -0.3 is 20.7 Å². The quantitative estimate of drug-likeness (QED) is 0.562. The van der Waals surface area contributed by atoms with E-state index < -0.39 is 31.0 Å². The molecule has 11 heteroatoms. The third-order valence-electron chi connectivity index (χ3n) is 7.68. The molecule has 8 nitrogen and oxygen atoms in total. The standard InChI is InChI=1S/C25H39F2N5O3S/c1-15-4-6-18(7-5-15)22(28)23(34)30-24-29-10-20(36-24)19(13-31-11-16(2)35-17(3)12-31)32-14-25(26,27)9-8-21(32)33/h10,15-19,22H,4-9,11-14,28H2,1-3H3,(H,29,30,34)/t15?,16-,17-,18?,19?,22?/m0/s1. The number of likely N-dealkylation sites (tertiary alicyclic amines) is 1. The van der Waals surface area contributed by atoms with Crippen molar-refractivity contribution in [1.82, 2.24) is 14.8 Å². The molecular formula is C25H39F2N5O3S. The highest BCUT2D eigenvalue weighted by Crippen LogP contribution is 2.37. The second kappa shape index (κ2) is 11.4. The number of nitrogens with zero attached hydrogens (tertiary/aromatic N) is 3. The summed E-state index contributed by atoms with van der Waals surface area (Å²) < 4.78 is 34.5. The van der Waals surface area contributed by atoms with Crippen LogP contribution >= 0.6 is 11.3 Å². The lowest BCUT2D eigenvalue weighted by molar-refractivity contribution is -0.153. The van der Waals surface area contributed by atoms with Gasteiger partial charge in [0.25, 0.3) is 5.92 Å². The molecule has 0 bridgehead atoms. The van der Waals surface area contributed by atoms with Crippen LogP contribution in [-0.4, -0.2) is 76.9 Å². The first-order valence-corrected chi connectivity index (χ1v) is 13.9. The fraction of sp³-hybridized carbons (Fsp3) is 0.800. The zero-order chi connectivity index (χ0) is 26.0. The molecule has 1 saturated carbocycles. The summed E-state index contributed by atoms with van der Waals surface area (Å²) in [7, 11) is 0. The van der Waals surface area contributed by atoms with Crippen molar-refractivity contribution < 1.29 is 23.1 Å². The van der Waals surface area contributed by atoms with E-state index in [0.29, 0.717) is 35.6 Å². The summed E-state index contributed by atoms with van der Waals surface area (Å²) in [5, 5.41) is 3.21. The Kier molecular flexibility index (Phi) is 8.63. The molecule has 1 aromatic rings. The Morgan fingerprint density at radius 2 is 1.92 bits per heavy atom. The molecule has 4 atom stereocenters. The van der Waals surface area contributed by atoms with Crippen molar-refractivity contribution >= 4 is 28.3 Å². The number of rotatable bonds is 7. The van der Waals surface area contributed by atoms with Crippen LogP contribution in [0.15, 0.2) is 6.20 Å². The third kappa shape index (κ3) is 6.79. The Hall–Kier alpha value is -1.69. The number of morpholine rings is 1. The molecule has 3 aliphatic rings. The Bertz CT molecular complexity index is 913. The Labute approximate surface area is 215 Å². The van der Waals surface area contributed by atoms with E-state index in [4.69, 9.17) is 10.5 Å². The van der Waals surface area contributed by atoms with Gasteiger partial charge in [0.15, 0.2) is 5.13 Å². The van der Waals surface area contributed by atoms with Gasteiger partial charge in [-0.15, -0.1) is 0 Å². The van der Waals surface area contributed by atoms with E-state index in [1.54, 1.807) is 6.20 Å². The van der Waals surface area contributed by atoms with Crippen LogP contribution in [0.1, 0.15) is 70.2 Å². The molecule has 0 radical (unpaired) electrons. The van der Waals surface area contributed by atoms with Crippen LogP contribution in [0, 0.1) is 11.8 Å². The van der Waals surface area contributed by atoms with Crippen LogP contribution < -0.4 is 11.1 Å². The second-order valence-electron chi connectivity index (χ2n) is 11.0. The summed E-state index contributed by atoms with van der Waals surface area (Å²) in [6, 6.07) is -1.20. The minimum Gasteiger partial charge on any atom is -0.373 e. The fourth-order valence-electron chi connectivity index (χ4n) is 5.70. The summed E-state index contributed by atoms with van der Waals surface area (Å²) in [5.74, 6) is -2.68. The number of carbonyl (C=O) groups excluding carboxylic acids is 2. The van der Waals surface area contributed by atoms with Crippen LogP contribution in [0.3, 0.4) is 0 Å². The summed E-state index contributed by atoms with van der Waals surface area (Å²) in [6.07, 6.45) is 5.00. The molecule has 2 amide bonds. The van der Waals surface area contributed by atoms with Crippen molar-refractivity contribution in [3.8, 4) is 0 Å². The lowest BCUT2D eigenvalue weighted by Gasteiger charge is -2.42. The van der Waals surface area contributed by atoms with Crippen molar-refractivity contribution in [3.63, 3.8) is 0 Å². The molecular weight excluding hydrogens is 488 g/mol. The molecule has 202 valence electrons. The molecule has 0 spiro atoms. The van der Waals surface area contributed by atoms with Crippen LogP contribution in [-0.2, 0) is 14.3 Å². The first-order chi connectivity index (χ1) is 17.0. The number of hydrogen-bond acceptors (Lipinski definition) is 7. The van der Waals surface area contributed by atoms with Gasteiger partial charge in [0, 0.05) is 38.7 Å². The Balaban J connectivity index is 1.49. The van der Waals surface area contributed by atoms with E-state index in [9.17, 15) is 18.4 Å². The molecule has 1 aromatic heterocycles. The number of thiazole rings is 1. The van der Waals surface area contributed by atoms with Crippen molar-refractivity contribution in [3.05, 3.63) is 11.1 Å². The average Bonchev–Trinajstić information content (AvgIpc) is 3.26. The number of anilines is 1. The number of hydrogen-bond donors (Lipinski definition) is 2. The molecule has 36 heavy (non-hydrogen) atoms. The van der Waals surface area contributed by atoms with Crippen molar-refractivity contribution in [2.75, 3.05) is 31.5 Å². The molecule has 2 saturated heterocycles. The van der Waals surface area contributed by atoms with E-state index in [0.717, 1.165) is 25.7 Å². The van der Waals surface area contributed by atoms with E-state index in [-0.39, 0.29) is 36.4 Å². The van der Waals surface area contributed by atoms with E-state index in [1.165, 1.54) is 16.2 Å². The molecule has 0 aromatic carbocycles. The van der Waals surface area contributed by atoms with Gasteiger partial charge in [-0.05, 0) is 38.5 Å². The van der Waals surface area contributed by atoms with E-state index >= 15 is 0 Å². The summed E-state index contributed by atoms with van der Waals surface area (Å²) in [6.45, 7) is 7.26. The molecule has 2 unspecified atom stereocenters. The van der Waals surface area contributed by atoms with Gasteiger partial charge in [0.2, 0.25) is 11.8 Å². The predicted molar refractivity (Wildman–Crippen MR) is 135 cm³/mol. The zero-order valence-corrected chi connectivity index (χ0v) is 22.2. The van der Waals surface area contributed by atoms with E-state index in [1.807, 2.05) is 13.8 Å². The second-order valence-corrected chi connectivity index (χ2v) is 12.0. The van der Waals surface area contributed by atoms with Crippen LogP contribution in [0.5, 0.6) is 0 Å². The Morgan fingerprint density at radius 1 is 1.25 bits per heavy atom. The zero-order valence-electron chi connectivity index (χ0n) is 21.4. The number of nitrogens with one attached hydrogen (secondary N) is 1. The first-order valence-electron chi connectivity index (χ1n) is 13.1. The van der Waals surface area contributed by atoms with Gasteiger partial charge in [-0.1, -0.05) is 31.1 Å². The maximum atomic E-state index is 14.4. The normalized spacial score (nSPS) is 31.2. The molecule has 2 aliphatic heterocycles. The monoisotopic (exact) mass is 527 g/mol. The van der Waals surface area contributed by atoms with Crippen LogP contribution in [0.25, 0.3) is 0 Å². The van der Waals surface area contributed by atoms with Crippen LogP contribution in [0.4, 0.5) is 13.9 Å². The number of nitrogens with two attached hydrogens (primary N) is 1. The third-order valence-corrected chi connectivity index (χ3v) is 8.70. The highest BCUT2D eigenvalue weighted by atomic mass is 32.1. The lowest BCUT2D eigenvalue weighted by Crippen LogP contribution is -2.53. The maximum Gasteiger partial charge on any atom is 0.265 e. The molecule has 3 fully saturated rings. The highest BCUT2D eigenvalue weighted by molar-refractivity contribution is 7.15. The number of amides is 2. The van der Waals surface area contributed by atoms with Crippen molar-refractivity contribution in [1.29, 1.82) is 0 Å². The SMILES string of the molecule is CC1CCC(C(N)C(=O)Nc2ncc(C(CN3C[C@H](C)O[C@@H](C)C3)N3CC(F)(F)CCC3=O)s2)CC1. The molecule has 1 aliphatic carbocycles. The van der Waals surface area contributed by atoms with Crippen molar-refractivity contribution in [2.45, 2.75) is 89.5 Å². The molecule has 4 rings (SSSR count). The van der Waals surface area contributed by atoms with Crippen molar-refractivity contribution in [2.24, 2.45) is 17.6 Å². The number of ether oxygens (including phenoxy) is 1. The molecule has 3 N–H and O–H groups in total. The highest BCUT2D eigenvalue weighted by Gasteiger charge is 2.43. The number of alkyl halides is 2. The Morgan fingerprint density at radius 3 is 2.58 bits per heavy atom.